The summed E-state index contributed by atoms with van der Waals surface area (Å²) in [5.74, 6) is 0.307. The molecule has 1 atom stereocenters. The number of carbonyl (C=O) groups excluding carboxylic acids is 1. The van der Waals surface area contributed by atoms with Crippen LogP contribution >= 0.6 is 11.8 Å². The van der Waals surface area contributed by atoms with E-state index in [0.29, 0.717) is 22.2 Å². The fraction of sp³-hybridized carbons (Fsp3) is 0.611. The maximum Gasteiger partial charge on any atom is 0.278 e. The quantitative estimate of drug-likeness (QED) is 0.611. The van der Waals surface area contributed by atoms with E-state index in [-0.39, 0.29) is 23.3 Å². The Morgan fingerprint density at radius 1 is 1.48 bits per heavy atom. The number of rotatable bonds is 6. The van der Waals surface area contributed by atoms with Gasteiger partial charge >= 0.3 is 0 Å². The average Bonchev–Trinajstić information content (AvgIpc) is 3.21. The normalized spacial score (nSPS) is 16.4. The van der Waals surface area contributed by atoms with Crippen LogP contribution in [-0.2, 0) is 4.79 Å². The van der Waals surface area contributed by atoms with Gasteiger partial charge in [0.25, 0.3) is 5.56 Å². The average molecular weight is 362 g/mol. The first-order chi connectivity index (χ1) is 12.0. The van der Waals surface area contributed by atoms with E-state index >= 15 is 0 Å². The van der Waals surface area contributed by atoms with Gasteiger partial charge in [-0.1, -0.05) is 31.5 Å². The second-order valence-electron chi connectivity index (χ2n) is 6.88. The molecule has 1 fully saturated rings. The molecular formula is C18H26N4O2S. The van der Waals surface area contributed by atoms with E-state index in [2.05, 4.69) is 15.3 Å². The molecule has 2 N–H and O–H groups in total. The van der Waals surface area contributed by atoms with Crippen molar-refractivity contribution in [2.45, 2.75) is 70.1 Å². The van der Waals surface area contributed by atoms with E-state index in [9.17, 15) is 9.59 Å². The lowest BCUT2D eigenvalue weighted by molar-refractivity contribution is -0.119. The lowest BCUT2D eigenvalue weighted by Gasteiger charge is -2.17. The van der Waals surface area contributed by atoms with Crippen LogP contribution in [0.2, 0.25) is 0 Å². The third kappa shape index (κ3) is 3.92. The number of fused-ring (bicyclic) bond motifs is 1. The molecule has 6 nitrogen and oxygen atoms in total. The maximum absolute atomic E-state index is 12.9. The van der Waals surface area contributed by atoms with Crippen molar-refractivity contribution < 1.29 is 4.79 Å². The number of hydrogen-bond acceptors (Lipinski definition) is 4. The third-order valence-electron chi connectivity index (χ3n) is 4.87. The molecule has 0 radical (unpaired) electrons. The molecule has 0 aromatic carbocycles. The zero-order valence-electron chi connectivity index (χ0n) is 15.1. The van der Waals surface area contributed by atoms with Crippen molar-refractivity contribution in [2.24, 2.45) is 0 Å². The molecule has 0 saturated heterocycles. The minimum atomic E-state index is -0.0637. The molecule has 7 heteroatoms. The fourth-order valence-electron chi connectivity index (χ4n) is 3.33. The summed E-state index contributed by atoms with van der Waals surface area (Å²) >= 11 is 1.35. The van der Waals surface area contributed by atoms with E-state index in [4.69, 9.17) is 0 Å². The Kier molecular flexibility index (Phi) is 5.51. The van der Waals surface area contributed by atoms with Gasteiger partial charge in [-0.2, -0.15) is 0 Å². The number of thioether (sulfide) groups is 1. The molecule has 3 rings (SSSR count). The molecule has 1 amide bonds. The van der Waals surface area contributed by atoms with Crippen molar-refractivity contribution in [3.05, 3.63) is 22.1 Å². The first kappa shape index (κ1) is 18.0. The van der Waals surface area contributed by atoms with Crippen LogP contribution in [0.25, 0.3) is 11.0 Å². The highest BCUT2D eigenvalue weighted by Gasteiger charge is 2.20. The second kappa shape index (κ2) is 7.64. The second-order valence-corrected chi connectivity index (χ2v) is 7.82. The van der Waals surface area contributed by atoms with E-state index in [1.54, 1.807) is 4.57 Å². The molecule has 0 spiro atoms. The lowest BCUT2D eigenvalue weighted by atomic mass is 10.2. The van der Waals surface area contributed by atoms with Crippen LogP contribution in [0.3, 0.4) is 0 Å². The topological polar surface area (TPSA) is 79.8 Å². The number of aryl methyl sites for hydroxylation is 1. The van der Waals surface area contributed by atoms with Gasteiger partial charge in [-0.05, 0) is 39.2 Å². The number of aromatic nitrogens is 3. The van der Waals surface area contributed by atoms with Crippen molar-refractivity contribution in [2.75, 3.05) is 5.75 Å². The van der Waals surface area contributed by atoms with Crippen LogP contribution in [0.5, 0.6) is 0 Å². The van der Waals surface area contributed by atoms with Crippen LogP contribution < -0.4 is 10.9 Å². The first-order valence-electron chi connectivity index (χ1n) is 9.03. The summed E-state index contributed by atoms with van der Waals surface area (Å²) in [7, 11) is 0. The summed E-state index contributed by atoms with van der Waals surface area (Å²) in [6, 6.07) is 2.22. The van der Waals surface area contributed by atoms with Crippen molar-refractivity contribution in [1.29, 1.82) is 0 Å². The van der Waals surface area contributed by atoms with Crippen LogP contribution in [0, 0.1) is 6.92 Å². The first-order valence-corrected chi connectivity index (χ1v) is 10.0. The number of nitrogens with zero attached hydrogens (tertiary/aromatic N) is 2. The van der Waals surface area contributed by atoms with Gasteiger partial charge in [0.2, 0.25) is 5.91 Å². The van der Waals surface area contributed by atoms with Gasteiger partial charge in [0.1, 0.15) is 5.52 Å². The molecule has 2 aromatic heterocycles. The third-order valence-corrected chi connectivity index (χ3v) is 5.82. The summed E-state index contributed by atoms with van der Waals surface area (Å²) in [4.78, 5) is 32.8. The van der Waals surface area contributed by atoms with Gasteiger partial charge in [-0.25, -0.2) is 4.98 Å². The molecule has 0 unspecified atom stereocenters. The summed E-state index contributed by atoms with van der Waals surface area (Å²) in [5, 5.41) is 3.70. The predicted octanol–water partition coefficient (Wildman–Crippen LogP) is 3.15. The van der Waals surface area contributed by atoms with E-state index in [0.717, 1.165) is 25.0 Å². The van der Waals surface area contributed by atoms with E-state index in [1.165, 1.54) is 24.6 Å². The number of amides is 1. The van der Waals surface area contributed by atoms with Crippen LogP contribution in [-0.4, -0.2) is 32.2 Å². The summed E-state index contributed by atoms with van der Waals surface area (Å²) < 4.78 is 1.71. The molecule has 0 bridgehead atoms. The molecular weight excluding hydrogens is 336 g/mol. The zero-order valence-corrected chi connectivity index (χ0v) is 15.9. The fourth-order valence-corrected chi connectivity index (χ4v) is 4.24. The Hall–Kier alpha value is -1.76. The van der Waals surface area contributed by atoms with Crippen LogP contribution in [0.1, 0.15) is 57.7 Å². The Bertz CT molecular complexity index is 820. The number of carbonyl (C=O) groups is 1. The van der Waals surface area contributed by atoms with Gasteiger partial charge in [0.05, 0.1) is 11.3 Å². The Morgan fingerprint density at radius 3 is 2.88 bits per heavy atom. The smallest absolute Gasteiger partial charge is 0.278 e. The summed E-state index contributed by atoms with van der Waals surface area (Å²) in [5.41, 5.74) is 2.06. The minimum Gasteiger partial charge on any atom is -0.353 e. The molecule has 1 saturated carbocycles. The van der Waals surface area contributed by atoms with Gasteiger partial charge in [0, 0.05) is 17.8 Å². The highest BCUT2D eigenvalue weighted by atomic mass is 32.2. The number of aromatic amines is 1. The molecule has 25 heavy (non-hydrogen) atoms. The van der Waals surface area contributed by atoms with Gasteiger partial charge in [0.15, 0.2) is 5.16 Å². The largest absolute Gasteiger partial charge is 0.353 e. The molecule has 0 aliphatic heterocycles. The highest BCUT2D eigenvalue weighted by Crippen LogP contribution is 2.23. The van der Waals surface area contributed by atoms with Gasteiger partial charge in [-0.15, -0.1) is 0 Å². The lowest BCUT2D eigenvalue weighted by Crippen LogP contribution is -2.34. The highest BCUT2D eigenvalue weighted by molar-refractivity contribution is 7.99. The van der Waals surface area contributed by atoms with Crippen molar-refractivity contribution in [1.82, 2.24) is 19.9 Å². The zero-order chi connectivity index (χ0) is 18.0. The molecule has 1 aliphatic carbocycles. The Morgan fingerprint density at radius 2 is 2.20 bits per heavy atom. The standard InChI is InChI=1S/C18H26N4O2S/c1-4-12(3)22-17(24)16-14(9-11(2)19-16)21-18(22)25-10-15(23)20-13-7-5-6-8-13/h9,12-13,19H,4-8,10H2,1-3H3,(H,20,23)/t12-/m1/s1. The van der Waals surface area contributed by atoms with Crippen LogP contribution in [0.4, 0.5) is 0 Å². The monoisotopic (exact) mass is 362 g/mol. The molecule has 1 aliphatic rings. The Balaban J connectivity index is 1.83. The van der Waals surface area contributed by atoms with Crippen molar-refractivity contribution in [3.8, 4) is 0 Å². The van der Waals surface area contributed by atoms with Crippen LogP contribution in [0.15, 0.2) is 16.0 Å². The minimum absolute atomic E-state index is 0.0206. The number of H-pyrrole nitrogens is 1. The van der Waals surface area contributed by atoms with Gasteiger partial charge < -0.3 is 10.3 Å². The summed E-state index contributed by atoms with van der Waals surface area (Å²) in [6.07, 6.45) is 5.35. The number of hydrogen-bond donors (Lipinski definition) is 2. The predicted molar refractivity (Wildman–Crippen MR) is 101 cm³/mol. The summed E-state index contributed by atoms with van der Waals surface area (Å²) in [6.45, 7) is 5.96. The SMILES string of the molecule is CC[C@@H](C)n1c(SCC(=O)NC2CCCC2)nc2cc(C)[nH]c2c1=O. The molecule has 2 heterocycles. The van der Waals surface area contributed by atoms with Crippen molar-refractivity contribution >= 4 is 28.7 Å². The van der Waals surface area contributed by atoms with Gasteiger partial charge in [-0.3, -0.25) is 14.2 Å². The van der Waals surface area contributed by atoms with E-state index in [1.807, 2.05) is 26.8 Å². The maximum atomic E-state index is 12.9. The molecule has 2 aromatic rings. The van der Waals surface area contributed by atoms with Crippen molar-refractivity contribution in [3.63, 3.8) is 0 Å². The molecule has 136 valence electrons. The Labute approximate surface area is 151 Å². The number of nitrogens with one attached hydrogen (secondary N) is 2. The van der Waals surface area contributed by atoms with E-state index < -0.39 is 0 Å².